The average Bonchev–Trinajstić information content (AvgIpc) is 2.43. The van der Waals surface area contributed by atoms with E-state index >= 15 is 0 Å². The van der Waals surface area contributed by atoms with Gasteiger partial charge in [-0.25, -0.2) is 0 Å². The van der Waals surface area contributed by atoms with E-state index in [1.54, 1.807) is 0 Å². The summed E-state index contributed by atoms with van der Waals surface area (Å²) >= 11 is 6.07. The van der Waals surface area contributed by atoms with E-state index in [1.807, 2.05) is 6.07 Å². The summed E-state index contributed by atoms with van der Waals surface area (Å²) < 4.78 is 0. The van der Waals surface area contributed by atoms with Gasteiger partial charge >= 0.3 is 0 Å². The molecular weight excluding hydrogens is 231 g/mol. The first kappa shape index (κ1) is 10.9. The fraction of sp³-hybridized carbons (Fsp3) is 0.455. The Bertz CT molecular complexity index is 379. The lowest BCUT2D eigenvalue weighted by molar-refractivity contribution is 0.787. The summed E-state index contributed by atoms with van der Waals surface area (Å²) in [5, 5.41) is 4.31. The number of hydrogen-bond donors (Lipinski definition) is 1. The van der Waals surface area contributed by atoms with Crippen molar-refractivity contribution in [2.45, 2.75) is 12.8 Å². The summed E-state index contributed by atoms with van der Waals surface area (Å²) in [6.07, 6.45) is 2.36. The van der Waals surface area contributed by atoms with Crippen LogP contribution in [0, 0.1) is 0 Å². The predicted molar refractivity (Wildman–Crippen MR) is 67.7 cm³/mol. The van der Waals surface area contributed by atoms with Gasteiger partial charge in [0, 0.05) is 24.7 Å². The molecule has 0 saturated heterocycles. The Morgan fingerprint density at radius 3 is 3.00 bits per heavy atom. The predicted octanol–water partition coefficient (Wildman–Crippen LogP) is 2.94. The van der Waals surface area contributed by atoms with Crippen molar-refractivity contribution >= 4 is 35.4 Å². The number of rotatable bonds is 0. The average molecular weight is 245 g/mol. The van der Waals surface area contributed by atoms with Crippen LogP contribution in [-0.4, -0.2) is 19.6 Å². The highest BCUT2D eigenvalue weighted by atomic mass is 35.5. The Morgan fingerprint density at radius 1 is 1.27 bits per heavy atom. The quantitative estimate of drug-likeness (QED) is 0.756. The second-order valence-corrected chi connectivity index (χ2v) is 4.41. The molecule has 0 radical (unpaired) electrons. The number of nitrogens with zero attached hydrogens (tertiary/aromatic N) is 1. The Labute approximate surface area is 101 Å². The summed E-state index contributed by atoms with van der Waals surface area (Å²) in [5.74, 6) is 0. The molecule has 0 aliphatic carbocycles. The highest BCUT2D eigenvalue weighted by molar-refractivity contribution is 6.31. The number of halogens is 2. The number of anilines is 2. The molecule has 1 aromatic rings. The molecule has 0 saturated carbocycles. The van der Waals surface area contributed by atoms with Crippen LogP contribution >= 0.6 is 24.0 Å². The molecule has 3 rings (SSSR count). The molecule has 0 spiro atoms. The van der Waals surface area contributed by atoms with Crippen LogP contribution in [0.25, 0.3) is 0 Å². The van der Waals surface area contributed by atoms with Crippen molar-refractivity contribution in [2.75, 3.05) is 29.9 Å². The fourth-order valence-corrected chi connectivity index (χ4v) is 2.68. The van der Waals surface area contributed by atoms with E-state index in [9.17, 15) is 0 Å². The minimum absolute atomic E-state index is 0. The molecule has 2 aliphatic rings. The molecule has 0 fully saturated rings. The molecule has 82 valence electrons. The van der Waals surface area contributed by atoms with Gasteiger partial charge in [-0.3, -0.25) is 0 Å². The van der Waals surface area contributed by atoms with Crippen molar-refractivity contribution in [3.05, 3.63) is 22.7 Å². The highest BCUT2D eigenvalue weighted by Gasteiger charge is 2.24. The smallest absolute Gasteiger partial charge is 0.0636 e. The van der Waals surface area contributed by atoms with Crippen molar-refractivity contribution in [2.24, 2.45) is 0 Å². The van der Waals surface area contributed by atoms with Crippen molar-refractivity contribution in [3.8, 4) is 0 Å². The maximum absolute atomic E-state index is 6.07. The Kier molecular flexibility index (Phi) is 2.98. The van der Waals surface area contributed by atoms with E-state index in [0.29, 0.717) is 0 Å². The Balaban J connectivity index is 0.000000853. The molecule has 2 heterocycles. The van der Waals surface area contributed by atoms with Gasteiger partial charge in [-0.2, -0.15) is 0 Å². The van der Waals surface area contributed by atoms with Gasteiger partial charge < -0.3 is 10.2 Å². The molecular formula is C11H14Cl2N2. The topological polar surface area (TPSA) is 15.3 Å². The first-order chi connectivity index (χ1) is 6.84. The van der Waals surface area contributed by atoms with Crippen LogP contribution in [0.2, 0.25) is 5.02 Å². The Hall–Kier alpha value is -0.600. The standard InChI is InChI=1S/C11H13ClN2.ClH/c12-9-6-8-2-5-14-4-1-3-13-10(7-9)11(8)14;/h6-7,13H,1-5H2;1H. The third-order valence-corrected chi connectivity index (χ3v) is 3.26. The van der Waals surface area contributed by atoms with Gasteiger partial charge in [-0.15, -0.1) is 12.4 Å². The van der Waals surface area contributed by atoms with Crippen LogP contribution in [-0.2, 0) is 6.42 Å². The summed E-state index contributed by atoms with van der Waals surface area (Å²) in [6, 6.07) is 4.15. The number of benzene rings is 1. The van der Waals surface area contributed by atoms with Crippen LogP contribution in [0.4, 0.5) is 11.4 Å². The molecule has 15 heavy (non-hydrogen) atoms. The van der Waals surface area contributed by atoms with Gasteiger partial charge in [0.25, 0.3) is 0 Å². The third-order valence-electron chi connectivity index (χ3n) is 3.04. The van der Waals surface area contributed by atoms with E-state index in [0.717, 1.165) is 24.5 Å². The van der Waals surface area contributed by atoms with Gasteiger partial charge in [0.1, 0.15) is 0 Å². The van der Waals surface area contributed by atoms with Crippen molar-refractivity contribution < 1.29 is 0 Å². The van der Waals surface area contributed by atoms with Gasteiger partial charge in [0.05, 0.1) is 11.4 Å². The monoisotopic (exact) mass is 244 g/mol. The first-order valence-electron chi connectivity index (χ1n) is 5.16. The lowest BCUT2D eigenvalue weighted by Gasteiger charge is -2.18. The molecule has 0 aromatic heterocycles. The van der Waals surface area contributed by atoms with E-state index in [2.05, 4.69) is 16.3 Å². The van der Waals surface area contributed by atoms with E-state index in [1.165, 1.54) is 29.9 Å². The maximum atomic E-state index is 6.07. The van der Waals surface area contributed by atoms with Gasteiger partial charge in [-0.1, -0.05) is 11.6 Å². The van der Waals surface area contributed by atoms with Crippen molar-refractivity contribution in [1.29, 1.82) is 0 Å². The molecule has 2 nitrogen and oxygen atoms in total. The molecule has 0 bridgehead atoms. The number of nitrogens with one attached hydrogen (secondary N) is 1. The van der Waals surface area contributed by atoms with Crippen LogP contribution in [0.1, 0.15) is 12.0 Å². The SMILES string of the molecule is Cl.Clc1cc2c3c(c1)NCCCN3CC2. The normalized spacial score (nSPS) is 17.5. The van der Waals surface area contributed by atoms with E-state index in [-0.39, 0.29) is 12.4 Å². The zero-order valence-corrected chi connectivity index (χ0v) is 10.00. The summed E-state index contributed by atoms with van der Waals surface area (Å²) in [7, 11) is 0. The van der Waals surface area contributed by atoms with E-state index < -0.39 is 0 Å². The lowest BCUT2D eigenvalue weighted by atomic mass is 10.1. The molecule has 1 N–H and O–H groups in total. The van der Waals surface area contributed by atoms with Crippen LogP contribution in [0.15, 0.2) is 12.1 Å². The van der Waals surface area contributed by atoms with Gasteiger partial charge in [0.15, 0.2) is 0 Å². The van der Waals surface area contributed by atoms with Crippen LogP contribution < -0.4 is 10.2 Å². The second kappa shape index (κ2) is 4.11. The molecule has 4 heteroatoms. The number of hydrogen-bond acceptors (Lipinski definition) is 2. The third kappa shape index (κ3) is 1.77. The zero-order valence-electron chi connectivity index (χ0n) is 8.42. The summed E-state index contributed by atoms with van der Waals surface area (Å²) in [6.45, 7) is 3.39. The molecule has 0 unspecified atom stereocenters. The van der Waals surface area contributed by atoms with Crippen molar-refractivity contribution in [1.82, 2.24) is 0 Å². The highest BCUT2D eigenvalue weighted by Crippen LogP contribution is 2.39. The lowest BCUT2D eigenvalue weighted by Crippen LogP contribution is -2.20. The van der Waals surface area contributed by atoms with E-state index in [4.69, 9.17) is 11.6 Å². The Morgan fingerprint density at radius 2 is 2.13 bits per heavy atom. The molecule has 2 aliphatic heterocycles. The van der Waals surface area contributed by atoms with Gasteiger partial charge in [0.2, 0.25) is 0 Å². The molecule has 0 amide bonds. The zero-order chi connectivity index (χ0) is 9.54. The molecule has 1 aromatic carbocycles. The minimum atomic E-state index is 0. The van der Waals surface area contributed by atoms with Crippen molar-refractivity contribution in [3.63, 3.8) is 0 Å². The largest absolute Gasteiger partial charge is 0.383 e. The van der Waals surface area contributed by atoms with Crippen LogP contribution in [0.3, 0.4) is 0 Å². The summed E-state index contributed by atoms with van der Waals surface area (Å²) in [4.78, 5) is 2.47. The van der Waals surface area contributed by atoms with Crippen LogP contribution in [0.5, 0.6) is 0 Å². The maximum Gasteiger partial charge on any atom is 0.0636 e. The first-order valence-corrected chi connectivity index (χ1v) is 5.53. The second-order valence-electron chi connectivity index (χ2n) is 3.98. The minimum Gasteiger partial charge on any atom is -0.383 e. The van der Waals surface area contributed by atoms with Gasteiger partial charge in [-0.05, 0) is 30.5 Å². The molecule has 0 atom stereocenters. The fourth-order valence-electron chi connectivity index (χ4n) is 2.44. The summed E-state index contributed by atoms with van der Waals surface area (Å²) in [5.41, 5.74) is 4.02.